The molecule has 0 saturated carbocycles. The molecule has 1 aromatic rings. The van der Waals surface area contributed by atoms with E-state index in [4.69, 9.17) is 16.3 Å². The Morgan fingerprint density at radius 2 is 2.06 bits per heavy atom. The molecule has 17 heavy (non-hydrogen) atoms. The van der Waals surface area contributed by atoms with Crippen molar-refractivity contribution in [3.05, 3.63) is 29.8 Å². The molecule has 0 saturated heterocycles. The van der Waals surface area contributed by atoms with Crippen LogP contribution >= 0.6 is 11.6 Å². The number of methoxy groups -OCH3 is 1. The van der Waals surface area contributed by atoms with E-state index in [1.807, 2.05) is 6.07 Å². The number of sulfonamides is 1. The molecule has 0 bridgehead atoms. The first kappa shape index (κ1) is 14.3. The number of para-hydroxylation sites is 1. The highest BCUT2D eigenvalue weighted by Gasteiger charge is 2.11. The van der Waals surface area contributed by atoms with Crippen molar-refractivity contribution in [1.29, 1.82) is 0 Å². The molecule has 0 fully saturated rings. The zero-order valence-electron chi connectivity index (χ0n) is 9.65. The predicted octanol–water partition coefficient (Wildman–Crippen LogP) is 2.20. The van der Waals surface area contributed by atoms with Gasteiger partial charge in [0.25, 0.3) is 0 Å². The average molecular weight is 278 g/mol. The molecular formula is C11H16ClNO3S. The number of anilines is 1. The lowest BCUT2D eigenvalue weighted by Crippen LogP contribution is -2.18. The van der Waals surface area contributed by atoms with Gasteiger partial charge in [0.15, 0.2) is 0 Å². The summed E-state index contributed by atoms with van der Waals surface area (Å²) in [5, 5.41) is 0. The monoisotopic (exact) mass is 277 g/mol. The van der Waals surface area contributed by atoms with Gasteiger partial charge in [-0.25, -0.2) is 8.42 Å². The van der Waals surface area contributed by atoms with Gasteiger partial charge in [-0.1, -0.05) is 18.2 Å². The van der Waals surface area contributed by atoms with E-state index in [1.54, 1.807) is 25.3 Å². The van der Waals surface area contributed by atoms with Gasteiger partial charge in [-0.2, -0.15) is 0 Å². The number of nitrogens with one attached hydrogen (secondary N) is 1. The van der Waals surface area contributed by atoms with Gasteiger partial charge in [0.05, 0.1) is 11.4 Å². The Labute approximate surface area is 107 Å². The van der Waals surface area contributed by atoms with E-state index in [0.29, 0.717) is 18.7 Å². The van der Waals surface area contributed by atoms with Crippen LogP contribution in [0.15, 0.2) is 24.3 Å². The van der Waals surface area contributed by atoms with Crippen LogP contribution in [0.25, 0.3) is 0 Å². The maximum absolute atomic E-state index is 11.7. The predicted molar refractivity (Wildman–Crippen MR) is 69.9 cm³/mol. The first-order valence-electron chi connectivity index (χ1n) is 5.22. The highest BCUT2D eigenvalue weighted by Crippen LogP contribution is 2.18. The summed E-state index contributed by atoms with van der Waals surface area (Å²) < 4.78 is 30.8. The third kappa shape index (κ3) is 4.93. The maximum atomic E-state index is 11.7. The van der Waals surface area contributed by atoms with Crippen LogP contribution in [-0.4, -0.2) is 27.9 Å². The molecule has 6 heteroatoms. The van der Waals surface area contributed by atoms with Gasteiger partial charge in [-0.05, 0) is 18.1 Å². The molecule has 0 unspecified atom stereocenters. The van der Waals surface area contributed by atoms with Crippen molar-refractivity contribution >= 4 is 27.3 Å². The van der Waals surface area contributed by atoms with E-state index in [2.05, 4.69) is 4.72 Å². The molecule has 0 aliphatic heterocycles. The molecule has 0 radical (unpaired) electrons. The van der Waals surface area contributed by atoms with Crippen LogP contribution in [0.4, 0.5) is 5.69 Å². The van der Waals surface area contributed by atoms with Crippen molar-refractivity contribution in [2.45, 2.75) is 12.3 Å². The van der Waals surface area contributed by atoms with Crippen molar-refractivity contribution in [3.63, 3.8) is 0 Å². The van der Waals surface area contributed by atoms with Crippen LogP contribution in [0.1, 0.15) is 12.0 Å². The molecule has 0 aliphatic rings. The third-order valence-electron chi connectivity index (χ3n) is 2.19. The average Bonchev–Trinajstić information content (AvgIpc) is 2.29. The topological polar surface area (TPSA) is 55.4 Å². The first-order valence-corrected chi connectivity index (χ1v) is 7.41. The van der Waals surface area contributed by atoms with Crippen molar-refractivity contribution in [1.82, 2.24) is 0 Å². The van der Waals surface area contributed by atoms with Gasteiger partial charge in [-0.3, -0.25) is 4.72 Å². The fraction of sp³-hybridized carbons (Fsp3) is 0.455. The Morgan fingerprint density at radius 3 is 2.71 bits per heavy atom. The summed E-state index contributed by atoms with van der Waals surface area (Å²) in [4.78, 5) is 0. The van der Waals surface area contributed by atoms with E-state index < -0.39 is 10.0 Å². The number of benzene rings is 1. The molecule has 96 valence electrons. The third-order valence-corrected chi connectivity index (χ3v) is 3.83. The highest BCUT2D eigenvalue weighted by molar-refractivity contribution is 7.92. The zero-order chi connectivity index (χ0) is 12.7. The fourth-order valence-electron chi connectivity index (χ4n) is 1.35. The Kier molecular flexibility index (Phi) is 5.74. The number of hydrogen-bond donors (Lipinski definition) is 1. The Hall–Kier alpha value is -0.780. The molecule has 1 N–H and O–H groups in total. The minimum absolute atomic E-state index is 0.0391. The molecular weight excluding hydrogens is 262 g/mol. The largest absolute Gasteiger partial charge is 0.385 e. The van der Waals surface area contributed by atoms with Crippen molar-refractivity contribution in [2.24, 2.45) is 0 Å². The molecule has 0 aliphatic carbocycles. The standard InChI is InChI=1S/C11H16ClNO3S/c1-16-7-4-8-17(14,15)13-11-6-3-2-5-10(11)9-12/h2-3,5-6,13H,4,7-9H2,1H3. The highest BCUT2D eigenvalue weighted by atomic mass is 35.5. The number of rotatable bonds is 7. The quantitative estimate of drug-likeness (QED) is 0.614. The summed E-state index contributed by atoms with van der Waals surface area (Å²) >= 11 is 5.73. The van der Waals surface area contributed by atoms with E-state index >= 15 is 0 Å². The summed E-state index contributed by atoms with van der Waals surface area (Å²) in [5.41, 5.74) is 1.31. The van der Waals surface area contributed by atoms with Gasteiger partial charge < -0.3 is 4.74 Å². The summed E-state index contributed by atoms with van der Waals surface area (Å²) in [6.45, 7) is 0.429. The van der Waals surface area contributed by atoms with Gasteiger partial charge in [0.1, 0.15) is 0 Å². The lowest BCUT2D eigenvalue weighted by molar-refractivity contribution is 0.199. The molecule has 0 aromatic heterocycles. The fourth-order valence-corrected chi connectivity index (χ4v) is 2.72. The normalized spacial score (nSPS) is 11.4. The Balaban J connectivity index is 2.69. The minimum atomic E-state index is -3.33. The summed E-state index contributed by atoms with van der Waals surface area (Å²) in [6, 6.07) is 7.08. The van der Waals surface area contributed by atoms with Gasteiger partial charge in [-0.15, -0.1) is 11.6 Å². The molecule has 0 heterocycles. The van der Waals surface area contributed by atoms with Crippen molar-refractivity contribution < 1.29 is 13.2 Å². The van der Waals surface area contributed by atoms with Crippen LogP contribution < -0.4 is 4.72 Å². The van der Waals surface area contributed by atoms with Crippen LogP contribution in [0, 0.1) is 0 Å². The van der Waals surface area contributed by atoms with E-state index in [-0.39, 0.29) is 11.6 Å². The van der Waals surface area contributed by atoms with E-state index in [9.17, 15) is 8.42 Å². The lowest BCUT2D eigenvalue weighted by Gasteiger charge is -2.10. The van der Waals surface area contributed by atoms with Gasteiger partial charge in [0.2, 0.25) is 10.0 Å². The van der Waals surface area contributed by atoms with Crippen LogP contribution in [0.2, 0.25) is 0 Å². The minimum Gasteiger partial charge on any atom is -0.385 e. The van der Waals surface area contributed by atoms with Crippen molar-refractivity contribution in [3.8, 4) is 0 Å². The number of halogens is 1. The van der Waals surface area contributed by atoms with E-state index in [0.717, 1.165) is 5.56 Å². The second-order valence-corrected chi connectivity index (χ2v) is 5.67. The van der Waals surface area contributed by atoms with Crippen molar-refractivity contribution in [2.75, 3.05) is 24.2 Å². The Morgan fingerprint density at radius 1 is 1.35 bits per heavy atom. The second-order valence-electron chi connectivity index (χ2n) is 3.56. The molecule has 0 amide bonds. The van der Waals surface area contributed by atoms with Gasteiger partial charge in [0, 0.05) is 19.6 Å². The van der Waals surface area contributed by atoms with E-state index in [1.165, 1.54) is 0 Å². The molecule has 0 spiro atoms. The molecule has 1 rings (SSSR count). The van der Waals surface area contributed by atoms with Crippen LogP contribution in [0.5, 0.6) is 0 Å². The van der Waals surface area contributed by atoms with Crippen LogP contribution in [-0.2, 0) is 20.6 Å². The summed E-state index contributed by atoms with van der Waals surface area (Å²) in [7, 11) is -1.78. The zero-order valence-corrected chi connectivity index (χ0v) is 11.2. The second kappa shape index (κ2) is 6.83. The number of ether oxygens (including phenoxy) is 1. The first-order chi connectivity index (χ1) is 8.09. The van der Waals surface area contributed by atoms with Crippen LogP contribution in [0.3, 0.4) is 0 Å². The lowest BCUT2D eigenvalue weighted by atomic mass is 10.2. The number of alkyl halides is 1. The SMILES string of the molecule is COCCCS(=O)(=O)Nc1ccccc1CCl. The Bertz CT molecular complexity index is 448. The smallest absolute Gasteiger partial charge is 0.232 e. The molecule has 0 atom stereocenters. The summed E-state index contributed by atoms with van der Waals surface area (Å²) in [5.74, 6) is 0.314. The molecule has 4 nitrogen and oxygen atoms in total. The molecule has 1 aromatic carbocycles. The number of hydrogen-bond acceptors (Lipinski definition) is 3. The maximum Gasteiger partial charge on any atom is 0.232 e. The van der Waals surface area contributed by atoms with Gasteiger partial charge >= 0.3 is 0 Å². The summed E-state index contributed by atoms with van der Waals surface area (Å²) in [6.07, 6.45) is 0.467.